The van der Waals surface area contributed by atoms with Crippen molar-refractivity contribution in [2.75, 3.05) is 25.4 Å². The predicted molar refractivity (Wildman–Crippen MR) is 67.2 cm³/mol. The zero-order chi connectivity index (χ0) is 11.0. The van der Waals surface area contributed by atoms with Crippen molar-refractivity contribution in [3.8, 4) is 0 Å². The molecule has 16 heavy (non-hydrogen) atoms. The van der Waals surface area contributed by atoms with Gasteiger partial charge in [0, 0.05) is 25.3 Å². The highest BCUT2D eigenvalue weighted by molar-refractivity contribution is 5.40. The molecule has 86 valence electrons. The van der Waals surface area contributed by atoms with Gasteiger partial charge in [-0.15, -0.1) is 0 Å². The monoisotopic (exact) mass is 216 g/mol. The molecule has 2 aliphatic heterocycles. The van der Waals surface area contributed by atoms with E-state index in [9.17, 15) is 0 Å². The lowest BCUT2D eigenvalue weighted by Gasteiger charge is -2.47. The van der Waals surface area contributed by atoms with Crippen LogP contribution in [0.4, 0.5) is 5.69 Å². The molecule has 1 saturated carbocycles. The number of hydrogen-bond acceptors (Lipinski definition) is 2. The van der Waals surface area contributed by atoms with Crippen LogP contribution in [0.1, 0.15) is 18.4 Å². The van der Waals surface area contributed by atoms with E-state index in [0.717, 1.165) is 23.9 Å². The van der Waals surface area contributed by atoms with Gasteiger partial charge in [-0.2, -0.15) is 0 Å². The van der Waals surface area contributed by atoms with Gasteiger partial charge in [0.1, 0.15) is 0 Å². The standard InChI is InChI=1S/C14H20N2/c15-14-3-1-2-11(8-14)4-5-16-9-12-6-13(7-12)10-16/h1-3,8,12-13H,4-7,9-10,15H2. The zero-order valence-electron chi connectivity index (χ0n) is 9.73. The van der Waals surface area contributed by atoms with Crippen molar-refractivity contribution in [1.82, 2.24) is 4.90 Å². The van der Waals surface area contributed by atoms with Gasteiger partial charge in [-0.05, 0) is 48.8 Å². The van der Waals surface area contributed by atoms with Crippen molar-refractivity contribution >= 4 is 5.69 Å². The number of fused-ring (bicyclic) bond motifs is 2. The van der Waals surface area contributed by atoms with Crippen molar-refractivity contribution in [2.45, 2.75) is 19.3 Å². The Hall–Kier alpha value is -1.02. The Bertz CT molecular complexity index is 359. The van der Waals surface area contributed by atoms with Crippen LogP contribution in [-0.4, -0.2) is 24.5 Å². The molecule has 1 aromatic rings. The Morgan fingerprint density at radius 3 is 2.62 bits per heavy atom. The molecule has 1 aromatic carbocycles. The Kier molecular flexibility index (Phi) is 2.60. The third-order valence-electron chi connectivity index (χ3n) is 4.03. The lowest BCUT2D eigenvalue weighted by atomic mass is 9.71. The largest absolute Gasteiger partial charge is 0.399 e. The van der Waals surface area contributed by atoms with E-state index in [-0.39, 0.29) is 0 Å². The van der Waals surface area contributed by atoms with Crippen LogP contribution in [0.25, 0.3) is 0 Å². The summed E-state index contributed by atoms with van der Waals surface area (Å²) in [6, 6.07) is 8.30. The number of nitrogens with two attached hydrogens (primary N) is 1. The van der Waals surface area contributed by atoms with Crippen molar-refractivity contribution < 1.29 is 0 Å². The Morgan fingerprint density at radius 1 is 1.19 bits per heavy atom. The van der Waals surface area contributed by atoms with Gasteiger partial charge in [-0.3, -0.25) is 0 Å². The molecule has 3 fully saturated rings. The van der Waals surface area contributed by atoms with E-state index in [2.05, 4.69) is 23.1 Å². The predicted octanol–water partition coefficient (Wildman–Crippen LogP) is 2.15. The molecule has 2 nitrogen and oxygen atoms in total. The van der Waals surface area contributed by atoms with Crippen LogP contribution in [0.2, 0.25) is 0 Å². The first-order valence-electron chi connectivity index (χ1n) is 6.36. The average molecular weight is 216 g/mol. The minimum Gasteiger partial charge on any atom is -0.399 e. The van der Waals surface area contributed by atoms with Gasteiger partial charge < -0.3 is 10.6 Å². The van der Waals surface area contributed by atoms with E-state index in [1.807, 2.05) is 6.07 Å². The van der Waals surface area contributed by atoms with Crippen LogP contribution in [0.5, 0.6) is 0 Å². The highest BCUT2D eigenvalue weighted by atomic mass is 15.1. The molecule has 0 radical (unpaired) electrons. The molecular formula is C14H20N2. The van der Waals surface area contributed by atoms with Gasteiger partial charge in [-0.25, -0.2) is 0 Å². The SMILES string of the molecule is Nc1cccc(CCN2CC3CC(C3)C2)c1. The van der Waals surface area contributed by atoms with Crippen molar-refractivity contribution in [2.24, 2.45) is 11.8 Å². The van der Waals surface area contributed by atoms with Crippen LogP contribution in [0.3, 0.4) is 0 Å². The normalized spacial score (nSPS) is 28.8. The number of hydrogen-bond donors (Lipinski definition) is 1. The molecule has 0 aromatic heterocycles. The summed E-state index contributed by atoms with van der Waals surface area (Å²) < 4.78 is 0. The smallest absolute Gasteiger partial charge is 0.0316 e. The minimum absolute atomic E-state index is 0.888. The summed E-state index contributed by atoms with van der Waals surface area (Å²) in [7, 11) is 0. The second-order valence-electron chi connectivity index (χ2n) is 5.46. The fourth-order valence-corrected chi connectivity index (χ4v) is 3.20. The summed E-state index contributed by atoms with van der Waals surface area (Å²) in [4.78, 5) is 2.63. The Labute approximate surface area is 97.4 Å². The van der Waals surface area contributed by atoms with Crippen molar-refractivity contribution in [1.29, 1.82) is 0 Å². The molecule has 1 aliphatic carbocycles. The van der Waals surface area contributed by atoms with Crippen LogP contribution in [0, 0.1) is 11.8 Å². The fraction of sp³-hybridized carbons (Fsp3) is 0.571. The molecule has 3 aliphatic rings. The summed E-state index contributed by atoms with van der Waals surface area (Å²) in [5, 5.41) is 0. The molecular weight excluding hydrogens is 196 g/mol. The molecule has 0 atom stereocenters. The molecule has 2 bridgehead atoms. The maximum atomic E-state index is 5.78. The topological polar surface area (TPSA) is 29.3 Å². The Morgan fingerprint density at radius 2 is 1.94 bits per heavy atom. The van der Waals surface area contributed by atoms with Gasteiger partial charge in [0.05, 0.1) is 0 Å². The molecule has 2 N–H and O–H groups in total. The highest BCUT2D eigenvalue weighted by Gasteiger charge is 2.36. The van der Waals surface area contributed by atoms with E-state index in [4.69, 9.17) is 5.73 Å². The second kappa shape index (κ2) is 4.10. The third kappa shape index (κ3) is 2.07. The lowest BCUT2D eigenvalue weighted by molar-refractivity contribution is 0.0284. The van der Waals surface area contributed by atoms with E-state index < -0.39 is 0 Å². The van der Waals surface area contributed by atoms with Crippen LogP contribution in [-0.2, 0) is 6.42 Å². The van der Waals surface area contributed by atoms with E-state index >= 15 is 0 Å². The van der Waals surface area contributed by atoms with E-state index in [1.54, 1.807) is 0 Å². The second-order valence-corrected chi connectivity index (χ2v) is 5.46. The molecule has 0 unspecified atom stereocenters. The molecule has 2 heterocycles. The first kappa shape index (κ1) is 10.2. The molecule has 4 rings (SSSR count). The summed E-state index contributed by atoms with van der Waals surface area (Å²) in [6.45, 7) is 3.87. The van der Waals surface area contributed by atoms with Gasteiger partial charge in [0.2, 0.25) is 0 Å². The van der Waals surface area contributed by atoms with Crippen molar-refractivity contribution in [3.63, 3.8) is 0 Å². The number of nitrogen functional groups attached to an aromatic ring is 1. The fourth-order valence-electron chi connectivity index (χ4n) is 3.20. The summed E-state index contributed by atoms with van der Waals surface area (Å²) >= 11 is 0. The maximum Gasteiger partial charge on any atom is 0.0316 e. The first-order chi connectivity index (χ1) is 7.79. The molecule has 0 spiro atoms. The van der Waals surface area contributed by atoms with Gasteiger partial charge in [0.25, 0.3) is 0 Å². The zero-order valence-corrected chi connectivity index (χ0v) is 9.73. The highest BCUT2D eigenvalue weighted by Crippen LogP contribution is 2.39. The summed E-state index contributed by atoms with van der Waals surface area (Å²) in [5.74, 6) is 2.03. The lowest BCUT2D eigenvalue weighted by Crippen LogP contribution is -2.49. The number of rotatable bonds is 3. The van der Waals surface area contributed by atoms with Crippen LogP contribution < -0.4 is 5.73 Å². The van der Waals surface area contributed by atoms with Crippen LogP contribution >= 0.6 is 0 Å². The van der Waals surface area contributed by atoms with Crippen LogP contribution in [0.15, 0.2) is 24.3 Å². The number of nitrogens with zero attached hydrogens (tertiary/aromatic N) is 1. The number of anilines is 1. The molecule has 2 saturated heterocycles. The number of benzene rings is 1. The minimum atomic E-state index is 0.888. The summed E-state index contributed by atoms with van der Waals surface area (Å²) in [5.41, 5.74) is 8.05. The quantitative estimate of drug-likeness (QED) is 0.784. The summed E-state index contributed by atoms with van der Waals surface area (Å²) in [6.07, 6.45) is 4.13. The van der Waals surface area contributed by atoms with E-state index in [0.29, 0.717) is 0 Å². The number of piperidine rings is 2. The Balaban J connectivity index is 1.52. The first-order valence-corrected chi connectivity index (χ1v) is 6.36. The van der Waals surface area contributed by atoms with Crippen molar-refractivity contribution in [3.05, 3.63) is 29.8 Å². The maximum absolute atomic E-state index is 5.78. The van der Waals surface area contributed by atoms with Gasteiger partial charge in [-0.1, -0.05) is 12.1 Å². The van der Waals surface area contributed by atoms with E-state index in [1.165, 1.54) is 38.0 Å². The molecule has 0 amide bonds. The van der Waals surface area contributed by atoms with Gasteiger partial charge >= 0.3 is 0 Å². The average Bonchev–Trinajstić information content (AvgIpc) is 2.26. The molecule has 2 heteroatoms. The van der Waals surface area contributed by atoms with Gasteiger partial charge in [0.15, 0.2) is 0 Å². The third-order valence-corrected chi connectivity index (χ3v) is 4.03.